The van der Waals surface area contributed by atoms with Crippen LogP contribution in [0.25, 0.3) is 113 Å². The third kappa shape index (κ3) is 6.54. The van der Waals surface area contributed by atoms with Crippen LogP contribution in [-0.2, 0) is 0 Å². The molecule has 0 bridgehead atoms. The largest absolute Gasteiger partial charge is 0.310 e. The van der Waals surface area contributed by atoms with Gasteiger partial charge < -0.3 is 9.47 Å². The van der Waals surface area contributed by atoms with Crippen molar-refractivity contribution in [3.8, 4) is 39.1 Å². The van der Waals surface area contributed by atoms with Crippen molar-refractivity contribution in [2.75, 3.05) is 4.90 Å². The molecule has 0 N–H and O–H groups in total. The third-order valence-corrected chi connectivity index (χ3v) is 15.4. The lowest BCUT2D eigenvalue weighted by Gasteiger charge is -2.26. The number of para-hydroxylation sites is 2. The number of hydrogen-bond acceptors (Lipinski definition) is 2. The van der Waals surface area contributed by atoms with Crippen LogP contribution in [0.5, 0.6) is 0 Å². The highest BCUT2D eigenvalue weighted by molar-refractivity contribution is 7.26. The molecular formula is C66H42N2S. The van der Waals surface area contributed by atoms with Crippen molar-refractivity contribution in [1.29, 1.82) is 0 Å². The highest BCUT2D eigenvalue weighted by Crippen LogP contribution is 2.44. The number of aromatic nitrogens is 1. The minimum Gasteiger partial charge on any atom is -0.310 e. The van der Waals surface area contributed by atoms with Gasteiger partial charge in [-0.2, -0.15) is 0 Å². The van der Waals surface area contributed by atoms with E-state index in [4.69, 9.17) is 0 Å². The van der Waals surface area contributed by atoms with Crippen molar-refractivity contribution in [2.45, 2.75) is 0 Å². The molecule has 0 atom stereocenters. The lowest BCUT2D eigenvalue weighted by Crippen LogP contribution is -2.09. The van der Waals surface area contributed by atoms with Crippen LogP contribution in [0.3, 0.4) is 0 Å². The summed E-state index contributed by atoms with van der Waals surface area (Å²) in [7, 11) is 0. The van der Waals surface area contributed by atoms with E-state index < -0.39 is 0 Å². The SMILES string of the molecule is c1cc(-c2ccc(N(c3ccc(-c4ccc(-c5cc6ccccc6c6ccccc56)cc4)cc3)c3ccc4c(c3)sc3c5ccccc5ccc43)cc2)cc(-n2c3ccccc3c3ccccc32)c1. The summed E-state index contributed by atoms with van der Waals surface area (Å²) in [5.74, 6) is 0. The van der Waals surface area contributed by atoms with E-state index >= 15 is 0 Å². The fourth-order valence-corrected chi connectivity index (χ4v) is 12.1. The van der Waals surface area contributed by atoms with E-state index in [0.29, 0.717) is 0 Å². The van der Waals surface area contributed by atoms with Gasteiger partial charge in [-0.05, 0) is 132 Å². The van der Waals surface area contributed by atoms with Gasteiger partial charge in [0.25, 0.3) is 0 Å². The van der Waals surface area contributed by atoms with Crippen LogP contribution >= 0.6 is 11.3 Å². The Kier molecular flexibility index (Phi) is 9.11. The molecule has 14 aromatic rings. The summed E-state index contributed by atoms with van der Waals surface area (Å²) in [4.78, 5) is 2.40. The molecule has 0 spiro atoms. The molecule has 0 aliphatic heterocycles. The predicted octanol–water partition coefficient (Wildman–Crippen LogP) is 19.1. The first-order valence-electron chi connectivity index (χ1n) is 23.6. The van der Waals surface area contributed by atoms with Crippen LogP contribution < -0.4 is 4.90 Å². The first-order valence-corrected chi connectivity index (χ1v) is 24.5. The van der Waals surface area contributed by atoms with Gasteiger partial charge in [0.05, 0.1) is 11.0 Å². The molecule has 0 aliphatic carbocycles. The molecule has 0 radical (unpaired) electrons. The van der Waals surface area contributed by atoms with Crippen molar-refractivity contribution in [3.05, 3.63) is 255 Å². The quantitative estimate of drug-likeness (QED) is 0.145. The number of benzene rings is 12. The monoisotopic (exact) mass is 894 g/mol. The van der Waals surface area contributed by atoms with E-state index in [9.17, 15) is 0 Å². The number of anilines is 3. The molecule has 14 rings (SSSR count). The fourth-order valence-electron chi connectivity index (χ4n) is 10.8. The van der Waals surface area contributed by atoms with Gasteiger partial charge in [0.2, 0.25) is 0 Å². The average Bonchev–Trinajstić information content (AvgIpc) is 3.97. The Morgan fingerprint density at radius 3 is 1.51 bits per heavy atom. The van der Waals surface area contributed by atoms with Crippen molar-refractivity contribution in [2.24, 2.45) is 0 Å². The second-order valence-electron chi connectivity index (χ2n) is 18.1. The molecule has 2 nitrogen and oxygen atoms in total. The second kappa shape index (κ2) is 16.0. The zero-order chi connectivity index (χ0) is 45.4. The van der Waals surface area contributed by atoms with Gasteiger partial charge in [-0.3, -0.25) is 0 Å². The summed E-state index contributed by atoms with van der Waals surface area (Å²) in [6, 6.07) is 93.6. The Hall–Kier alpha value is -8.76. The predicted molar refractivity (Wildman–Crippen MR) is 297 cm³/mol. The van der Waals surface area contributed by atoms with Crippen LogP contribution in [-0.4, -0.2) is 4.57 Å². The maximum absolute atomic E-state index is 2.40. The summed E-state index contributed by atoms with van der Waals surface area (Å²) < 4.78 is 5.00. The molecule has 2 heterocycles. The van der Waals surface area contributed by atoms with Gasteiger partial charge >= 0.3 is 0 Å². The normalized spacial score (nSPS) is 11.8. The van der Waals surface area contributed by atoms with Gasteiger partial charge in [0, 0.05) is 53.7 Å². The van der Waals surface area contributed by atoms with Crippen LogP contribution in [0.15, 0.2) is 255 Å². The van der Waals surface area contributed by atoms with Gasteiger partial charge in [0.1, 0.15) is 0 Å². The molecule has 69 heavy (non-hydrogen) atoms. The highest BCUT2D eigenvalue weighted by Gasteiger charge is 2.18. The van der Waals surface area contributed by atoms with Gasteiger partial charge in [-0.25, -0.2) is 0 Å². The summed E-state index contributed by atoms with van der Waals surface area (Å²) in [6.07, 6.45) is 0. The third-order valence-electron chi connectivity index (χ3n) is 14.2. The zero-order valence-electron chi connectivity index (χ0n) is 37.6. The Labute approximate surface area is 403 Å². The molecule has 0 fully saturated rings. The maximum atomic E-state index is 2.40. The van der Waals surface area contributed by atoms with Crippen LogP contribution in [0.2, 0.25) is 0 Å². The lowest BCUT2D eigenvalue weighted by molar-refractivity contribution is 1.18. The summed E-state index contributed by atoms with van der Waals surface area (Å²) in [6.45, 7) is 0. The smallest absolute Gasteiger partial charge is 0.0541 e. The second-order valence-corrected chi connectivity index (χ2v) is 19.1. The number of hydrogen-bond donors (Lipinski definition) is 0. The van der Waals surface area contributed by atoms with E-state index in [2.05, 4.69) is 264 Å². The molecule has 0 unspecified atom stereocenters. The number of nitrogens with zero attached hydrogens (tertiary/aromatic N) is 2. The Balaban J connectivity index is 0.840. The fraction of sp³-hybridized carbons (Fsp3) is 0. The zero-order valence-corrected chi connectivity index (χ0v) is 38.4. The van der Waals surface area contributed by atoms with Crippen LogP contribution in [0, 0.1) is 0 Å². The Morgan fingerprint density at radius 2 is 0.812 bits per heavy atom. The van der Waals surface area contributed by atoms with Crippen molar-refractivity contribution >= 4 is 103 Å². The molecule has 0 amide bonds. The summed E-state index contributed by atoms with van der Waals surface area (Å²) in [5.41, 5.74) is 14.1. The van der Waals surface area contributed by atoms with Crippen LogP contribution in [0.1, 0.15) is 0 Å². The topological polar surface area (TPSA) is 8.17 Å². The van der Waals surface area contributed by atoms with Crippen molar-refractivity contribution in [1.82, 2.24) is 4.57 Å². The van der Waals surface area contributed by atoms with Gasteiger partial charge in [-0.15, -0.1) is 11.3 Å². The van der Waals surface area contributed by atoms with Crippen molar-refractivity contribution in [3.63, 3.8) is 0 Å². The first-order chi connectivity index (χ1) is 34.2. The Bertz CT molecular complexity index is 4240. The van der Waals surface area contributed by atoms with Gasteiger partial charge in [0.15, 0.2) is 0 Å². The van der Waals surface area contributed by atoms with E-state index in [0.717, 1.165) is 22.7 Å². The summed E-state index contributed by atoms with van der Waals surface area (Å²) >= 11 is 1.89. The molecule has 0 aliphatic rings. The molecule has 3 heteroatoms. The van der Waals surface area contributed by atoms with Gasteiger partial charge in [-0.1, -0.05) is 188 Å². The molecule has 2 aromatic heterocycles. The number of thiophene rings is 1. The number of rotatable bonds is 7. The van der Waals surface area contributed by atoms with E-state index in [-0.39, 0.29) is 0 Å². The number of fused-ring (bicyclic) bond motifs is 11. The van der Waals surface area contributed by atoms with E-state index in [1.54, 1.807) is 0 Å². The minimum atomic E-state index is 1.10. The standard InChI is InChI=1S/C66H42N2S/c1-4-17-55-46(12-1)32-38-61-60-39-37-53(42-65(60)69-66(55)61)67(51-35-30-45(31-36-51)48-14-11-15-52(40-48)68-63-22-9-7-20-58(63)59-21-8-10-23-64(59)68)50-33-28-44(29-34-50)43-24-26-47(27-25-43)62-41-49-13-2-3-16-54(49)56-18-5-6-19-57(56)62/h1-42H. The molecular weight excluding hydrogens is 853 g/mol. The first kappa shape index (κ1) is 39.4. The van der Waals surface area contributed by atoms with Crippen LogP contribution in [0.4, 0.5) is 17.1 Å². The highest BCUT2D eigenvalue weighted by atomic mass is 32.1. The average molecular weight is 895 g/mol. The maximum Gasteiger partial charge on any atom is 0.0541 e. The van der Waals surface area contributed by atoms with E-state index in [1.807, 2.05) is 11.3 Å². The minimum absolute atomic E-state index is 1.10. The van der Waals surface area contributed by atoms with E-state index in [1.165, 1.54) is 108 Å². The Morgan fingerprint density at radius 1 is 0.290 bits per heavy atom. The lowest BCUT2D eigenvalue weighted by atomic mass is 9.92. The molecule has 322 valence electrons. The molecule has 0 saturated carbocycles. The summed E-state index contributed by atoms with van der Waals surface area (Å²) in [5, 5.41) is 12.8. The molecule has 0 saturated heterocycles. The van der Waals surface area contributed by atoms with Crippen molar-refractivity contribution < 1.29 is 0 Å². The molecule has 12 aromatic carbocycles.